The number of hydrogen-bond acceptors (Lipinski definition) is 6. The molecule has 0 spiro atoms. The van der Waals surface area contributed by atoms with Crippen LogP contribution in [0.1, 0.15) is 24.5 Å². The van der Waals surface area contributed by atoms with E-state index in [4.69, 9.17) is 0 Å². The molecule has 1 N–H and O–H groups in total. The standard InChI is InChI=1S/C14H18N6/c1-15-13-9-17-8-12(19-13)11-2-6-20(7-3-11)14-10-16-4-5-18-14/h4-5,8-11H,2-3,6-7H2,1H3,(H,15,19). The van der Waals surface area contributed by atoms with Gasteiger partial charge in [0.05, 0.1) is 18.1 Å². The average Bonchev–Trinajstić information content (AvgIpc) is 2.56. The van der Waals surface area contributed by atoms with Gasteiger partial charge in [0.25, 0.3) is 0 Å². The van der Waals surface area contributed by atoms with E-state index < -0.39 is 0 Å². The molecular formula is C14H18N6. The third-order valence-corrected chi connectivity index (χ3v) is 3.70. The van der Waals surface area contributed by atoms with Crippen molar-refractivity contribution in [2.75, 3.05) is 30.4 Å². The van der Waals surface area contributed by atoms with Crippen LogP contribution in [0, 0.1) is 0 Å². The number of piperidine rings is 1. The Kier molecular flexibility index (Phi) is 3.71. The number of nitrogens with one attached hydrogen (secondary N) is 1. The van der Waals surface area contributed by atoms with Crippen LogP contribution in [0.15, 0.2) is 31.0 Å². The summed E-state index contributed by atoms with van der Waals surface area (Å²) in [6, 6.07) is 0. The fraction of sp³-hybridized carbons (Fsp3) is 0.429. The molecule has 0 saturated carbocycles. The minimum atomic E-state index is 0.476. The lowest BCUT2D eigenvalue weighted by atomic mass is 9.94. The zero-order valence-corrected chi connectivity index (χ0v) is 11.5. The van der Waals surface area contributed by atoms with E-state index in [2.05, 4.69) is 30.2 Å². The lowest BCUT2D eigenvalue weighted by Crippen LogP contribution is -2.33. The maximum absolute atomic E-state index is 4.59. The molecular weight excluding hydrogens is 252 g/mol. The molecule has 0 unspecified atom stereocenters. The number of anilines is 2. The van der Waals surface area contributed by atoms with E-state index in [1.165, 1.54) is 0 Å². The summed E-state index contributed by atoms with van der Waals surface area (Å²) >= 11 is 0. The van der Waals surface area contributed by atoms with E-state index in [9.17, 15) is 0 Å². The maximum Gasteiger partial charge on any atom is 0.147 e. The smallest absolute Gasteiger partial charge is 0.147 e. The zero-order chi connectivity index (χ0) is 13.8. The van der Waals surface area contributed by atoms with Crippen molar-refractivity contribution in [1.29, 1.82) is 0 Å². The van der Waals surface area contributed by atoms with Crippen LogP contribution in [0.4, 0.5) is 11.6 Å². The van der Waals surface area contributed by atoms with Gasteiger partial charge in [-0.25, -0.2) is 9.97 Å². The second-order valence-corrected chi connectivity index (χ2v) is 4.90. The molecule has 0 aliphatic carbocycles. The van der Waals surface area contributed by atoms with Crippen LogP contribution < -0.4 is 10.2 Å². The lowest BCUT2D eigenvalue weighted by molar-refractivity contribution is 0.492. The summed E-state index contributed by atoms with van der Waals surface area (Å²) in [5.41, 5.74) is 1.08. The third kappa shape index (κ3) is 2.68. The van der Waals surface area contributed by atoms with Crippen LogP contribution >= 0.6 is 0 Å². The van der Waals surface area contributed by atoms with Crippen molar-refractivity contribution in [1.82, 2.24) is 19.9 Å². The van der Waals surface area contributed by atoms with Gasteiger partial charge in [-0.05, 0) is 12.8 Å². The first-order valence-electron chi connectivity index (χ1n) is 6.87. The molecule has 3 rings (SSSR count). The summed E-state index contributed by atoms with van der Waals surface area (Å²) < 4.78 is 0. The molecule has 0 amide bonds. The van der Waals surface area contributed by atoms with Crippen molar-refractivity contribution < 1.29 is 0 Å². The third-order valence-electron chi connectivity index (χ3n) is 3.70. The summed E-state index contributed by atoms with van der Waals surface area (Å²) in [6.45, 7) is 1.96. The molecule has 3 heterocycles. The minimum Gasteiger partial charge on any atom is -0.372 e. The van der Waals surface area contributed by atoms with Gasteiger partial charge in [-0.15, -0.1) is 0 Å². The molecule has 6 nitrogen and oxygen atoms in total. The van der Waals surface area contributed by atoms with Crippen molar-refractivity contribution in [3.8, 4) is 0 Å². The fourth-order valence-electron chi connectivity index (χ4n) is 2.56. The first-order chi connectivity index (χ1) is 9.86. The first-order valence-corrected chi connectivity index (χ1v) is 6.87. The van der Waals surface area contributed by atoms with Crippen molar-refractivity contribution in [3.63, 3.8) is 0 Å². The van der Waals surface area contributed by atoms with Crippen molar-refractivity contribution >= 4 is 11.6 Å². The van der Waals surface area contributed by atoms with E-state index in [0.717, 1.165) is 43.3 Å². The van der Waals surface area contributed by atoms with Gasteiger partial charge >= 0.3 is 0 Å². The molecule has 2 aromatic rings. The number of rotatable bonds is 3. The highest BCUT2D eigenvalue weighted by Gasteiger charge is 2.22. The highest BCUT2D eigenvalue weighted by Crippen LogP contribution is 2.28. The molecule has 1 fully saturated rings. The summed E-state index contributed by atoms with van der Waals surface area (Å²) in [4.78, 5) is 19.6. The highest BCUT2D eigenvalue weighted by molar-refractivity contribution is 5.36. The Labute approximate surface area is 118 Å². The fourth-order valence-corrected chi connectivity index (χ4v) is 2.56. The second kappa shape index (κ2) is 5.81. The Balaban J connectivity index is 1.66. The monoisotopic (exact) mass is 270 g/mol. The molecule has 20 heavy (non-hydrogen) atoms. The Morgan fingerprint density at radius 2 is 1.95 bits per heavy atom. The van der Waals surface area contributed by atoms with Gasteiger partial charge in [0.15, 0.2) is 0 Å². The van der Waals surface area contributed by atoms with Crippen LogP contribution in [0.25, 0.3) is 0 Å². The molecule has 0 aromatic carbocycles. The van der Waals surface area contributed by atoms with E-state index in [1.807, 2.05) is 19.4 Å². The second-order valence-electron chi connectivity index (χ2n) is 4.90. The van der Waals surface area contributed by atoms with Crippen molar-refractivity contribution in [2.24, 2.45) is 0 Å². The van der Waals surface area contributed by atoms with Crippen molar-refractivity contribution in [2.45, 2.75) is 18.8 Å². The first kappa shape index (κ1) is 12.8. The van der Waals surface area contributed by atoms with E-state index in [-0.39, 0.29) is 0 Å². The Hall–Kier alpha value is -2.24. The van der Waals surface area contributed by atoms with Crippen molar-refractivity contribution in [3.05, 3.63) is 36.7 Å². The molecule has 1 aliphatic heterocycles. The maximum atomic E-state index is 4.59. The van der Waals surface area contributed by atoms with Crippen LogP contribution in [0.2, 0.25) is 0 Å². The molecule has 6 heteroatoms. The quantitative estimate of drug-likeness (QED) is 0.915. The number of nitrogens with zero attached hydrogens (tertiary/aromatic N) is 5. The number of hydrogen-bond donors (Lipinski definition) is 1. The zero-order valence-electron chi connectivity index (χ0n) is 11.5. The molecule has 104 valence electrons. The van der Waals surface area contributed by atoms with Crippen LogP contribution in [0.3, 0.4) is 0 Å². The van der Waals surface area contributed by atoms with Crippen LogP contribution in [0.5, 0.6) is 0 Å². The number of aromatic nitrogens is 4. The molecule has 2 aromatic heterocycles. The minimum absolute atomic E-state index is 0.476. The Bertz CT molecular complexity index is 551. The van der Waals surface area contributed by atoms with Gasteiger partial charge in [-0.1, -0.05) is 0 Å². The molecule has 1 saturated heterocycles. The molecule has 1 aliphatic rings. The van der Waals surface area contributed by atoms with E-state index in [0.29, 0.717) is 5.92 Å². The van der Waals surface area contributed by atoms with Gasteiger partial charge in [0.1, 0.15) is 11.6 Å². The summed E-state index contributed by atoms with van der Waals surface area (Å²) in [6.07, 6.45) is 11.0. The summed E-state index contributed by atoms with van der Waals surface area (Å²) in [7, 11) is 1.87. The summed E-state index contributed by atoms with van der Waals surface area (Å²) in [5.74, 6) is 2.27. The van der Waals surface area contributed by atoms with E-state index in [1.54, 1.807) is 18.6 Å². The predicted molar refractivity (Wildman–Crippen MR) is 77.8 cm³/mol. The predicted octanol–water partition coefficient (Wildman–Crippen LogP) is 1.69. The average molecular weight is 270 g/mol. The molecule has 0 atom stereocenters. The van der Waals surface area contributed by atoms with Gasteiger partial charge in [-0.3, -0.25) is 9.97 Å². The van der Waals surface area contributed by atoms with Gasteiger partial charge in [0, 0.05) is 44.6 Å². The largest absolute Gasteiger partial charge is 0.372 e. The highest BCUT2D eigenvalue weighted by atomic mass is 15.2. The normalized spacial score (nSPS) is 16.1. The molecule has 0 bridgehead atoms. The Morgan fingerprint density at radius 1 is 1.10 bits per heavy atom. The SMILES string of the molecule is CNc1cncc(C2CCN(c3cnccn3)CC2)n1. The van der Waals surface area contributed by atoms with E-state index >= 15 is 0 Å². The molecule has 0 radical (unpaired) electrons. The van der Waals surface area contributed by atoms with Gasteiger partial charge < -0.3 is 10.2 Å². The lowest BCUT2D eigenvalue weighted by Gasteiger charge is -2.32. The summed E-state index contributed by atoms with van der Waals surface area (Å²) in [5, 5.41) is 3.04. The topological polar surface area (TPSA) is 66.8 Å². The van der Waals surface area contributed by atoms with Crippen LogP contribution in [-0.2, 0) is 0 Å². The van der Waals surface area contributed by atoms with Gasteiger partial charge in [0.2, 0.25) is 0 Å². The Morgan fingerprint density at radius 3 is 2.65 bits per heavy atom. The van der Waals surface area contributed by atoms with Crippen LogP contribution in [-0.4, -0.2) is 40.1 Å². The van der Waals surface area contributed by atoms with Gasteiger partial charge in [-0.2, -0.15) is 0 Å².